The average Bonchev–Trinajstić information content (AvgIpc) is 2.46. The van der Waals surface area contributed by atoms with Crippen molar-refractivity contribution in [2.75, 3.05) is 20.2 Å². The highest BCUT2D eigenvalue weighted by molar-refractivity contribution is 5.75. The number of benzene rings is 1. The minimum atomic E-state index is 0.289. The summed E-state index contributed by atoms with van der Waals surface area (Å²) in [6.45, 7) is 10.3. The van der Waals surface area contributed by atoms with Crippen LogP contribution in [0.1, 0.15) is 57.2 Å². The van der Waals surface area contributed by atoms with Gasteiger partial charge in [0.2, 0.25) is 0 Å². The summed E-state index contributed by atoms with van der Waals surface area (Å²) in [7, 11) is 1.70. The van der Waals surface area contributed by atoms with Crippen LogP contribution >= 0.6 is 0 Å². The molecule has 118 valence electrons. The molecule has 0 fully saturated rings. The summed E-state index contributed by atoms with van der Waals surface area (Å²) < 4.78 is 5.27. The van der Waals surface area contributed by atoms with Crippen LogP contribution < -0.4 is 4.74 Å². The molecule has 21 heavy (non-hydrogen) atoms. The molecule has 1 rings (SSSR count). The lowest BCUT2D eigenvalue weighted by molar-refractivity contribution is -0.117. The smallest absolute Gasteiger partial charge is 0.129 e. The van der Waals surface area contributed by atoms with Gasteiger partial charge in [0.05, 0.1) is 7.11 Å². The lowest BCUT2D eigenvalue weighted by atomic mass is 10.0. The van der Waals surface area contributed by atoms with E-state index in [4.69, 9.17) is 4.74 Å². The standard InChI is InChI=1S/C18H29NO2/c1-6-19(12-8-7-9-15(3)20)16(4)18-11-10-17(21-5)13-14(18)2/h10-11,13,16H,6-9,12H2,1-5H3. The Kier molecular flexibility index (Phi) is 7.44. The zero-order valence-electron chi connectivity index (χ0n) is 14.1. The molecular formula is C18H29NO2. The van der Waals surface area contributed by atoms with Crippen molar-refractivity contribution in [2.24, 2.45) is 0 Å². The van der Waals surface area contributed by atoms with Crippen LogP contribution in [-0.2, 0) is 4.79 Å². The highest BCUT2D eigenvalue weighted by atomic mass is 16.5. The number of carbonyl (C=O) groups is 1. The largest absolute Gasteiger partial charge is 0.497 e. The van der Waals surface area contributed by atoms with E-state index >= 15 is 0 Å². The van der Waals surface area contributed by atoms with Gasteiger partial charge < -0.3 is 9.53 Å². The molecule has 0 aliphatic carbocycles. The Labute approximate surface area is 129 Å². The molecule has 3 heteroatoms. The van der Waals surface area contributed by atoms with Crippen molar-refractivity contribution in [1.29, 1.82) is 0 Å². The first-order chi connectivity index (χ1) is 9.99. The lowest BCUT2D eigenvalue weighted by Crippen LogP contribution is -2.28. The van der Waals surface area contributed by atoms with Gasteiger partial charge in [-0.05, 0) is 70.0 Å². The van der Waals surface area contributed by atoms with Crippen molar-refractivity contribution >= 4 is 5.78 Å². The summed E-state index contributed by atoms with van der Waals surface area (Å²) in [5.74, 6) is 1.20. The number of rotatable bonds is 9. The number of methoxy groups -OCH3 is 1. The van der Waals surface area contributed by atoms with Crippen molar-refractivity contribution in [3.05, 3.63) is 29.3 Å². The Morgan fingerprint density at radius 2 is 2.05 bits per heavy atom. The average molecular weight is 291 g/mol. The van der Waals surface area contributed by atoms with Crippen LogP contribution in [0.4, 0.5) is 0 Å². The van der Waals surface area contributed by atoms with Gasteiger partial charge in [-0.1, -0.05) is 13.0 Å². The Morgan fingerprint density at radius 3 is 2.57 bits per heavy atom. The van der Waals surface area contributed by atoms with Crippen molar-refractivity contribution in [1.82, 2.24) is 4.90 Å². The quantitative estimate of drug-likeness (QED) is 0.640. The van der Waals surface area contributed by atoms with Crippen LogP contribution in [0.2, 0.25) is 0 Å². The van der Waals surface area contributed by atoms with Crippen LogP contribution in [0.3, 0.4) is 0 Å². The molecule has 1 atom stereocenters. The van der Waals surface area contributed by atoms with Gasteiger partial charge in [0.25, 0.3) is 0 Å². The zero-order valence-corrected chi connectivity index (χ0v) is 14.1. The predicted octanol–water partition coefficient (Wildman–Crippen LogP) is 4.15. The molecule has 3 nitrogen and oxygen atoms in total. The SMILES string of the molecule is CCN(CCCCC(C)=O)C(C)c1ccc(OC)cc1C. The highest BCUT2D eigenvalue weighted by Gasteiger charge is 2.16. The van der Waals surface area contributed by atoms with E-state index in [0.29, 0.717) is 12.5 Å². The molecule has 0 N–H and O–H groups in total. The van der Waals surface area contributed by atoms with Gasteiger partial charge in [0.1, 0.15) is 11.5 Å². The third-order valence-corrected chi connectivity index (χ3v) is 4.11. The number of carbonyl (C=O) groups excluding carboxylic acids is 1. The third-order valence-electron chi connectivity index (χ3n) is 4.11. The lowest BCUT2D eigenvalue weighted by Gasteiger charge is -2.29. The second-order valence-corrected chi connectivity index (χ2v) is 5.69. The molecule has 0 saturated carbocycles. The molecule has 0 spiro atoms. The van der Waals surface area contributed by atoms with Crippen molar-refractivity contribution in [3.63, 3.8) is 0 Å². The van der Waals surface area contributed by atoms with Crippen molar-refractivity contribution < 1.29 is 9.53 Å². The maximum atomic E-state index is 11.0. The van der Waals surface area contributed by atoms with Gasteiger partial charge in [0.15, 0.2) is 0 Å². The summed E-state index contributed by atoms with van der Waals surface area (Å²) in [5, 5.41) is 0. The highest BCUT2D eigenvalue weighted by Crippen LogP contribution is 2.26. The maximum absolute atomic E-state index is 11.0. The van der Waals surface area contributed by atoms with Crippen LogP contribution in [0.15, 0.2) is 18.2 Å². The monoisotopic (exact) mass is 291 g/mol. The first-order valence-corrected chi connectivity index (χ1v) is 7.87. The zero-order chi connectivity index (χ0) is 15.8. The van der Waals surface area contributed by atoms with Crippen LogP contribution in [0.5, 0.6) is 5.75 Å². The van der Waals surface area contributed by atoms with E-state index in [1.165, 1.54) is 11.1 Å². The second kappa shape index (κ2) is 8.83. The molecule has 1 aromatic rings. The molecule has 0 aliphatic rings. The maximum Gasteiger partial charge on any atom is 0.129 e. The predicted molar refractivity (Wildman–Crippen MR) is 87.9 cm³/mol. The molecule has 0 bridgehead atoms. The normalized spacial score (nSPS) is 12.5. The summed E-state index contributed by atoms with van der Waals surface area (Å²) in [4.78, 5) is 13.5. The molecule has 0 heterocycles. The van der Waals surface area contributed by atoms with Crippen LogP contribution in [0, 0.1) is 6.92 Å². The fourth-order valence-corrected chi connectivity index (χ4v) is 2.76. The van der Waals surface area contributed by atoms with Crippen LogP contribution in [0.25, 0.3) is 0 Å². The molecular weight excluding hydrogens is 262 g/mol. The summed E-state index contributed by atoms with van der Waals surface area (Å²) >= 11 is 0. The molecule has 0 amide bonds. The topological polar surface area (TPSA) is 29.5 Å². The minimum Gasteiger partial charge on any atom is -0.497 e. The van der Waals surface area contributed by atoms with Gasteiger partial charge in [-0.25, -0.2) is 0 Å². The molecule has 0 saturated heterocycles. The number of hydrogen-bond donors (Lipinski definition) is 0. The van der Waals surface area contributed by atoms with E-state index in [-0.39, 0.29) is 5.78 Å². The third kappa shape index (κ3) is 5.50. The summed E-state index contributed by atoms with van der Waals surface area (Å²) in [6.07, 6.45) is 2.76. The molecule has 0 radical (unpaired) electrons. The molecule has 0 aliphatic heterocycles. The van der Waals surface area contributed by atoms with E-state index < -0.39 is 0 Å². The Bertz CT molecular complexity index is 457. The molecule has 1 aromatic carbocycles. The molecule has 1 unspecified atom stereocenters. The Hall–Kier alpha value is -1.35. The second-order valence-electron chi connectivity index (χ2n) is 5.69. The van der Waals surface area contributed by atoms with Gasteiger partial charge in [-0.2, -0.15) is 0 Å². The Morgan fingerprint density at radius 1 is 1.33 bits per heavy atom. The van der Waals surface area contributed by atoms with E-state index in [1.807, 2.05) is 6.07 Å². The number of hydrogen-bond acceptors (Lipinski definition) is 3. The number of aryl methyl sites for hydroxylation is 1. The van der Waals surface area contributed by atoms with Gasteiger partial charge in [0, 0.05) is 12.5 Å². The first-order valence-electron chi connectivity index (χ1n) is 7.87. The number of Topliss-reactive ketones (excluding diaryl/α,β-unsaturated/α-hetero) is 1. The fourth-order valence-electron chi connectivity index (χ4n) is 2.76. The van der Waals surface area contributed by atoms with E-state index in [1.54, 1.807) is 14.0 Å². The van der Waals surface area contributed by atoms with E-state index in [9.17, 15) is 4.79 Å². The Balaban J connectivity index is 2.65. The van der Waals surface area contributed by atoms with Crippen molar-refractivity contribution in [2.45, 2.75) is 53.0 Å². The van der Waals surface area contributed by atoms with Gasteiger partial charge in [-0.3, -0.25) is 4.90 Å². The number of ketones is 1. The van der Waals surface area contributed by atoms with Crippen molar-refractivity contribution in [3.8, 4) is 5.75 Å². The number of ether oxygens (including phenoxy) is 1. The summed E-state index contributed by atoms with van der Waals surface area (Å²) in [5.41, 5.74) is 2.62. The number of unbranched alkanes of at least 4 members (excludes halogenated alkanes) is 1. The fraction of sp³-hybridized carbons (Fsp3) is 0.611. The first kappa shape index (κ1) is 17.7. The van der Waals surface area contributed by atoms with Gasteiger partial charge >= 0.3 is 0 Å². The van der Waals surface area contributed by atoms with Gasteiger partial charge in [-0.15, -0.1) is 0 Å². The van der Waals surface area contributed by atoms with E-state index in [2.05, 4.69) is 37.8 Å². The minimum absolute atomic E-state index is 0.289. The number of nitrogens with zero attached hydrogens (tertiary/aromatic N) is 1. The molecule has 0 aromatic heterocycles. The van der Waals surface area contributed by atoms with Crippen LogP contribution in [-0.4, -0.2) is 30.9 Å². The summed E-state index contributed by atoms with van der Waals surface area (Å²) in [6, 6.07) is 6.67. The van der Waals surface area contributed by atoms with E-state index in [0.717, 1.165) is 31.7 Å².